The molecule has 0 fully saturated rings. The zero-order valence-corrected chi connectivity index (χ0v) is 12.6. The van der Waals surface area contributed by atoms with Crippen LogP contribution in [0.4, 0.5) is 0 Å². The number of aryl methyl sites for hydroxylation is 1. The fourth-order valence-corrected chi connectivity index (χ4v) is 3.19. The normalized spacial score (nSPS) is 10.7. The van der Waals surface area contributed by atoms with E-state index in [4.69, 9.17) is 23.2 Å². The Labute approximate surface area is 125 Å². The lowest BCUT2D eigenvalue weighted by Crippen LogP contribution is -1.93. The summed E-state index contributed by atoms with van der Waals surface area (Å²) in [5.74, 6) is 0.0636. The van der Waals surface area contributed by atoms with Crippen LogP contribution < -0.4 is 0 Å². The molecule has 0 bridgehead atoms. The zero-order chi connectivity index (χ0) is 14.0. The minimum Gasteiger partial charge on any atom is -0.505 e. The van der Waals surface area contributed by atoms with Crippen molar-refractivity contribution in [1.82, 2.24) is 0 Å². The molecule has 1 heterocycles. The minimum atomic E-state index is -0.104. The summed E-state index contributed by atoms with van der Waals surface area (Å²) >= 11 is 13.5. The number of carbonyl (C=O) groups is 1. The van der Waals surface area contributed by atoms with E-state index in [1.807, 2.05) is 11.4 Å². The van der Waals surface area contributed by atoms with Crippen molar-refractivity contribution in [3.63, 3.8) is 0 Å². The summed E-state index contributed by atoms with van der Waals surface area (Å²) in [5.41, 5.74) is 1.86. The molecule has 0 unspecified atom stereocenters. The monoisotopic (exact) mass is 314 g/mol. The third-order valence-electron chi connectivity index (χ3n) is 2.78. The average Bonchev–Trinajstić information content (AvgIpc) is 2.81. The predicted octanol–water partition coefficient (Wildman–Crippen LogP) is 4.95. The van der Waals surface area contributed by atoms with Gasteiger partial charge in [0.05, 0.1) is 10.0 Å². The second kappa shape index (κ2) is 5.95. The van der Waals surface area contributed by atoms with Gasteiger partial charge in [0, 0.05) is 11.3 Å². The van der Waals surface area contributed by atoms with Gasteiger partial charge in [0.25, 0.3) is 0 Å². The minimum absolute atomic E-state index is 0.104. The highest BCUT2D eigenvalue weighted by molar-refractivity contribution is 7.10. The standard InChI is InChI=1S/C14H12Cl2O2S/c1-8(17)2-3-13-10(4-5-19-13)9-6-11(15)14(18)12(16)7-9/h4-7,18H,2-3H2,1H3. The quantitative estimate of drug-likeness (QED) is 0.867. The largest absolute Gasteiger partial charge is 0.505 e. The number of hydrogen-bond donors (Lipinski definition) is 1. The van der Waals surface area contributed by atoms with E-state index in [1.165, 1.54) is 0 Å². The molecule has 2 rings (SSSR count). The van der Waals surface area contributed by atoms with Crippen molar-refractivity contribution in [2.75, 3.05) is 0 Å². The summed E-state index contributed by atoms with van der Waals surface area (Å²) < 4.78 is 0. The van der Waals surface area contributed by atoms with Crippen molar-refractivity contribution in [3.05, 3.63) is 38.5 Å². The molecule has 0 spiro atoms. The molecule has 1 aromatic heterocycles. The maximum Gasteiger partial charge on any atom is 0.152 e. The van der Waals surface area contributed by atoms with E-state index in [0.717, 1.165) is 16.0 Å². The molecule has 0 radical (unpaired) electrons. The summed E-state index contributed by atoms with van der Waals surface area (Å²) in [6.45, 7) is 1.58. The number of carbonyl (C=O) groups excluding carboxylic acids is 1. The van der Waals surface area contributed by atoms with Gasteiger partial charge in [-0.3, -0.25) is 0 Å². The van der Waals surface area contributed by atoms with Crippen molar-refractivity contribution >= 4 is 40.3 Å². The maximum atomic E-state index is 11.1. The molecular formula is C14H12Cl2O2S. The molecule has 2 aromatic rings. The molecule has 0 aliphatic carbocycles. The van der Waals surface area contributed by atoms with Crippen LogP contribution in [-0.4, -0.2) is 10.9 Å². The second-order valence-corrected chi connectivity index (χ2v) is 6.06. The smallest absolute Gasteiger partial charge is 0.152 e. The number of thiophene rings is 1. The first-order chi connectivity index (χ1) is 8.99. The van der Waals surface area contributed by atoms with E-state index in [1.54, 1.807) is 30.4 Å². The first-order valence-corrected chi connectivity index (χ1v) is 7.36. The number of rotatable bonds is 4. The first-order valence-electron chi connectivity index (χ1n) is 5.73. The third-order valence-corrected chi connectivity index (χ3v) is 4.33. The topological polar surface area (TPSA) is 37.3 Å². The highest BCUT2D eigenvalue weighted by Gasteiger charge is 2.12. The van der Waals surface area contributed by atoms with E-state index in [0.29, 0.717) is 12.8 Å². The molecule has 2 nitrogen and oxygen atoms in total. The number of phenols is 1. The number of ketones is 1. The Morgan fingerprint density at radius 1 is 1.32 bits per heavy atom. The van der Waals surface area contributed by atoms with E-state index in [9.17, 15) is 9.90 Å². The molecule has 0 atom stereocenters. The SMILES string of the molecule is CC(=O)CCc1sccc1-c1cc(Cl)c(O)c(Cl)c1. The summed E-state index contributed by atoms with van der Waals surface area (Å²) in [7, 11) is 0. The van der Waals surface area contributed by atoms with Gasteiger partial charge in [0.15, 0.2) is 5.75 Å². The number of Topliss-reactive ketones (excluding diaryl/α,β-unsaturated/α-hetero) is 1. The van der Waals surface area contributed by atoms with E-state index in [-0.39, 0.29) is 21.6 Å². The number of halogens is 2. The van der Waals surface area contributed by atoms with Gasteiger partial charge in [-0.15, -0.1) is 11.3 Å². The summed E-state index contributed by atoms with van der Waals surface area (Å²) in [4.78, 5) is 12.2. The molecule has 0 saturated heterocycles. The average molecular weight is 315 g/mol. The van der Waals surface area contributed by atoms with Gasteiger partial charge in [-0.1, -0.05) is 23.2 Å². The molecular weight excluding hydrogens is 303 g/mol. The number of benzene rings is 1. The molecule has 19 heavy (non-hydrogen) atoms. The molecule has 100 valence electrons. The van der Waals surface area contributed by atoms with Crippen LogP contribution in [-0.2, 0) is 11.2 Å². The van der Waals surface area contributed by atoms with Crippen LogP contribution in [0, 0.1) is 0 Å². The van der Waals surface area contributed by atoms with Gasteiger partial charge >= 0.3 is 0 Å². The molecule has 0 aliphatic heterocycles. The number of aromatic hydroxyl groups is 1. The fourth-order valence-electron chi connectivity index (χ4n) is 1.80. The first kappa shape index (κ1) is 14.4. The van der Waals surface area contributed by atoms with Gasteiger partial charge in [-0.25, -0.2) is 0 Å². The van der Waals surface area contributed by atoms with Gasteiger partial charge < -0.3 is 9.90 Å². The van der Waals surface area contributed by atoms with Crippen LogP contribution in [0.3, 0.4) is 0 Å². The van der Waals surface area contributed by atoms with Crippen molar-refractivity contribution in [3.8, 4) is 16.9 Å². The predicted molar refractivity (Wildman–Crippen MR) is 80.4 cm³/mol. The molecule has 1 aromatic carbocycles. The highest BCUT2D eigenvalue weighted by Crippen LogP contribution is 2.38. The Hall–Kier alpha value is -1.03. The number of hydrogen-bond acceptors (Lipinski definition) is 3. The lowest BCUT2D eigenvalue weighted by molar-refractivity contribution is -0.116. The van der Waals surface area contributed by atoms with Gasteiger partial charge in [0.2, 0.25) is 0 Å². The van der Waals surface area contributed by atoms with Crippen molar-refractivity contribution < 1.29 is 9.90 Å². The zero-order valence-electron chi connectivity index (χ0n) is 10.2. The van der Waals surface area contributed by atoms with E-state index in [2.05, 4.69) is 0 Å². The molecule has 0 saturated carbocycles. The molecule has 0 amide bonds. The van der Waals surface area contributed by atoms with Crippen LogP contribution in [0.5, 0.6) is 5.75 Å². The van der Waals surface area contributed by atoms with Gasteiger partial charge in [-0.05, 0) is 48.1 Å². The molecule has 5 heteroatoms. The third kappa shape index (κ3) is 3.30. The summed E-state index contributed by atoms with van der Waals surface area (Å²) in [6, 6.07) is 5.34. The van der Waals surface area contributed by atoms with Crippen LogP contribution in [0.15, 0.2) is 23.6 Å². The Bertz CT molecular complexity index is 597. The van der Waals surface area contributed by atoms with Crippen LogP contribution in [0.25, 0.3) is 11.1 Å². The Kier molecular flexibility index (Phi) is 4.50. The fraction of sp³-hybridized carbons (Fsp3) is 0.214. The van der Waals surface area contributed by atoms with Crippen molar-refractivity contribution in [1.29, 1.82) is 0 Å². The lowest BCUT2D eigenvalue weighted by Gasteiger charge is -2.07. The van der Waals surface area contributed by atoms with Crippen LogP contribution in [0.2, 0.25) is 10.0 Å². The molecule has 1 N–H and O–H groups in total. The van der Waals surface area contributed by atoms with Crippen LogP contribution >= 0.6 is 34.5 Å². The Morgan fingerprint density at radius 2 is 1.95 bits per heavy atom. The van der Waals surface area contributed by atoms with Crippen molar-refractivity contribution in [2.24, 2.45) is 0 Å². The van der Waals surface area contributed by atoms with Crippen LogP contribution in [0.1, 0.15) is 18.2 Å². The van der Waals surface area contributed by atoms with E-state index >= 15 is 0 Å². The summed E-state index contributed by atoms with van der Waals surface area (Å²) in [6.07, 6.45) is 1.23. The van der Waals surface area contributed by atoms with E-state index < -0.39 is 0 Å². The van der Waals surface area contributed by atoms with Gasteiger partial charge in [-0.2, -0.15) is 0 Å². The Morgan fingerprint density at radius 3 is 2.53 bits per heavy atom. The maximum absolute atomic E-state index is 11.1. The number of phenolic OH excluding ortho intramolecular Hbond substituents is 1. The Balaban J connectivity index is 2.37. The molecule has 0 aliphatic rings. The van der Waals surface area contributed by atoms with Gasteiger partial charge in [0.1, 0.15) is 5.78 Å². The summed E-state index contributed by atoms with van der Waals surface area (Å²) in [5, 5.41) is 12.0. The second-order valence-electron chi connectivity index (χ2n) is 4.25. The highest BCUT2D eigenvalue weighted by atomic mass is 35.5. The lowest BCUT2D eigenvalue weighted by atomic mass is 10.0. The van der Waals surface area contributed by atoms with Crippen molar-refractivity contribution in [2.45, 2.75) is 19.8 Å².